The maximum absolute atomic E-state index is 11.5. The summed E-state index contributed by atoms with van der Waals surface area (Å²) in [7, 11) is 3.49. The van der Waals surface area contributed by atoms with Crippen LogP contribution in [0.3, 0.4) is 0 Å². The molecule has 1 aromatic carbocycles. The van der Waals surface area contributed by atoms with E-state index in [2.05, 4.69) is 25.2 Å². The molecular weight excluding hydrogens is 228 g/mol. The molecule has 1 saturated heterocycles. The third-order valence-corrected chi connectivity index (χ3v) is 3.38. The number of carbonyl (C=O) groups is 1. The van der Waals surface area contributed by atoms with Gasteiger partial charge in [0, 0.05) is 13.6 Å². The van der Waals surface area contributed by atoms with Crippen molar-refractivity contribution >= 4 is 6.03 Å². The molecule has 2 amide bonds. The van der Waals surface area contributed by atoms with Crippen molar-refractivity contribution < 1.29 is 9.53 Å². The Bertz CT molecular complexity index is 457. The second-order valence-corrected chi connectivity index (χ2v) is 5.04. The lowest BCUT2D eigenvalue weighted by Gasteiger charge is -2.16. The van der Waals surface area contributed by atoms with Crippen LogP contribution in [0.4, 0.5) is 4.79 Å². The van der Waals surface area contributed by atoms with Crippen LogP contribution in [0.1, 0.15) is 36.9 Å². The smallest absolute Gasteiger partial charge is 0.317 e. The van der Waals surface area contributed by atoms with E-state index in [9.17, 15) is 4.79 Å². The average molecular weight is 248 g/mol. The highest BCUT2D eigenvalue weighted by molar-refractivity contribution is 5.76. The Morgan fingerprint density at radius 2 is 2.17 bits per heavy atom. The van der Waals surface area contributed by atoms with Crippen molar-refractivity contribution in [2.45, 2.75) is 25.8 Å². The van der Waals surface area contributed by atoms with Crippen LogP contribution < -0.4 is 10.1 Å². The highest BCUT2D eigenvalue weighted by Gasteiger charge is 2.27. The van der Waals surface area contributed by atoms with E-state index in [1.807, 2.05) is 19.2 Å². The van der Waals surface area contributed by atoms with Gasteiger partial charge in [-0.3, -0.25) is 0 Å². The summed E-state index contributed by atoms with van der Waals surface area (Å²) in [5, 5.41) is 2.97. The lowest BCUT2D eigenvalue weighted by Crippen LogP contribution is -2.23. The molecule has 1 aliphatic heterocycles. The molecule has 1 heterocycles. The summed E-state index contributed by atoms with van der Waals surface area (Å²) in [5.41, 5.74) is 2.32. The zero-order valence-corrected chi connectivity index (χ0v) is 11.4. The Labute approximate surface area is 108 Å². The van der Waals surface area contributed by atoms with Gasteiger partial charge in [0.2, 0.25) is 0 Å². The summed E-state index contributed by atoms with van der Waals surface area (Å²) in [6, 6.07) is 6.20. The summed E-state index contributed by atoms with van der Waals surface area (Å²) in [6.45, 7) is 4.99. The van der Waals surface area contributed by atoms with Gasteiger partial charge >= 0.3 is 6.03 Å². The molecule has 1 fully saturated rings. The number of nitrogens with one attached hydrogen (secondary N) is 1. The van der Waals surface area contributed by atoms with Crippen LogP contribution >= 0.6 is 0 Å². The molecular formula is C14H20N2O2. The van der Waals surface area contributed by atoms with Crippen molar-refractivity contribution in [3.05, 3.63) is 29.3 Å². The van der Waals surface area contributed by atoms with Gasteiger partial charge in [-0.25, -0.2) is 4.79 Å². The van der Waals surface area contributed by atoms with Gasteiger partial charge in [0.05, 0.1) is 13.2 Å². The SMILES string of the molecule is COc1ccc(C2CN(C)C(=O)N2)cc1C(C)C. The van der Waals surface area contributed by atoms with E-state index in [0.717, 1.165) is 11.3 Å². The number of hydrogen-bond acceptors (Lipinski definition) is 2. The standard InChI is InChI=1S/C14H20N2O2/c1-9(2)11-7-10(5-6-13(11)18-4)12-8-16(3)14(17)15-12/h5-7,9,12H,8H2,1-4H3,(H,15,17). The van der Waals surface area contributed by atoms with E-state index in [4.69, 9.17) is 4.74 Å². The zero-order chi connectivity index (χ0) is 13.3. The molecule has 4 nitrogen and oxygen atoms in total. The van der Waals surface area contributed by atoms with Crippen molar-refractivity contribution in [2.24, 2.45) is 0 Å². The molecule has 1 N–H and O–H groups in total. The lowest BCUT2D eigenvalue weighted by atomic mass is 9.97. The number of methoxy groups -OCH3 is 1. The van der Waals surface area contributed by atoms with Crippen molar-refractivity contribution in [3.8, 4) is 5.75 Å². The number of hydrogen-bond donors (Lipinski definition) is 1. The Hall–Kier alpha value is -1.71. The Kier molecular flexibility index (Phi) is 3.45. The van der Waals surface area contributed by atoms with Crippen molar-refractivity contribution in [3.63, 3.8) is 0 Å². The monoisotopic (exact) mass is 248 g/mol. The molecule has 1 atom stereocenters. The highest BCUT2D eigenvalue weighted by atomic mass is 16.5. The molecule has 18 heavy (non-hydrogen) atoms. The van der Waals surface area contributed by atoms with Crippen LogP contribution in [-0.4, -0.2) is 31.6 Å². The number of ether oxygens (including phenoxy) is 1. The normalized spacial score (nSPS) is 19.3. The van der Waals surface area contributed by atoms with Gasteiger partial charge in [0.1, 0.15) is 5.75 Å². The molecule has 0 aliphatic carbocycles. The largest absolute Gasteiger partial charge is 0.496 e. The van der Waals surface area contributed by atoms with Crippen LogP contribution in [0.5, 0.6) is 5.75 Å². The van der Waals surface area contributed by atoms with Gasteiger partial charge in [-0.05, 0) is 29.2 Å². The predicted octanol–water partition coefficient (Wildman–Crippen LogP) is 2.51. The molecule has 4 heteroatoms. The summed E-state index contributed by atoms with van der Waals surface area (Å²) >= 11 is 0. The van der Waals surface area contributed by atoms with E-state index in [-0.39, 0.29) is 12.1 Å². The Morgan fingerprint density at radius 3 is 2.67 bits per heavy atom. The van der Waals surface area contributed by atoms with Crippen molar-refractivity contribution in [1.82, 2.24) is 10.2 Å². The Balaban J connectivity index is 2.30. The van der Waals surface area contributed by atoms with Gasteiger partial charge in [-0.1, -0.05) is 19.9 Å². The van der Waals surface area contributed by atoms with E-state index < -0.39 is 0 Å². The molecule has 2 rings (SSSR count). The van der Waals surface area contributed by atoms with Crippen LogP contribution in [0.25, 0.3) is 0 Å². The fourth-order valence-electron chi connectivity index (χ4n) is 2.27. The van der Waals surface area contributed by atoms with E-state index in [0.29, 0.717) is 12.5 Å². The number of urea groups is 1. The van der Waals surface area contributed by atoms with E-state index >= 15 is 0 Å². The molecule has 0 saturated carbocycles. The molecule has 0 spiro atoms. The van der Waals surface area contributed by atoms with Gasteiger partial charge < -0.3 is 15.0 Å². The summed E-state index contributed by atoms with van der Waals surface area (Å²) < 4.78 is 5.37. The number of rotatable bonds is 3. The maximum atomic E-state index is 11.5. The second kappa shape index (κ2) is 4.88. The van der Waals surface area contributed by atoms with Gasteiger partial charge in [0.25, 0.3) is 0 Å². The van der Waals surface area contributed by atoms with Gasteiger partial charge in [-0.2, -0.15) is 0 Å². The first-order valence-electron chi connectivity index (χ1n) is 6.22. The average Bonchev–Trinajstić information content (AvgIpc) is 2.68. The fraction of sp³-hybridized carbons (Fsp3) is 0.500. The third kappa shape index (κ3) is 2.28. The number of amides is 2. The van der Waals surface area contributed by atoms with Crippen LogP contribution in [0.2, 0.25) is 0 Å². The van der Waals surface area contributed by atoms with Crippen molar-refractivity contribution in [1.29, 1.82) is 0 Å². The van der Waals surface area contributed by atoms with E-state index in [1.165, 1.54) is 5.56 Å². The topological polar surface area (TPSA) is 41.6 Å². The predicted molar refractivity (Wildman–Crippen MR) is 71.0 cm³/mol. The first-order valence-corrected chi connectivity index (χ1v) is 6.22. The first kappa shape index (κ1) is 12.7. The van der Waals surface area contributed by atoms with Crippen LogP contribution in [-0.2, 0) is 0 Å². The molecule has 1 unspecified atom stereocenters. The highest BCUT2D eigenvalue weighted by Crippen LogP contribution is 2.30. The summed E-state index contributed by atoms with van der Waals surface area (Å²) in [6.07, 6.45) is 0. The lowest BCUT2D eigenvalue weighted by molar-refractivity contribution is 0.226. The molecule has 1 aromatic rings. The summed E-state index contributed by atoms with van der Waals surface area (Å²) in [4.78, 5) is 13.2. The fourth-order valence-corrected chi connectivity index (χ4v) is 2.27. The van der Waals surface area contributed by atoms with Gasteiger partial charge in [-0.15, -0.1) is 0 Å². The minimum Gasteiger partial charge on any atom is -0.496 e. The number of likely N-dealkylation sites (N-methyl/N-ethyl adjacent to an activating group) is 1. The number of nitrogens with zero attached hydrogens (tertiary/aromatic N) is 1. The minimum atomic E-state index is -0.0121. The number of benzene rings is 1. The molecule has 0 aromatic heterocycles. The van der Waals surface area contributed by atoms with Crippen molar-refractivity contribution in [2.75, 3.05) is 20.7 Å². The quantitative estimate of drug-likeness (QED) is 0.893. The molecule has 98 valence electrons. The zero-order valence-electron chi connectivity index (χ0n) is 11.4. The second-order valence-electron chi connectivity index (χ2n) is 5.04. The molecule has 0 bridgehead atoms. The van der Waals surface area contributed by atoms with E-state index in [1.54, 1.807) is 12.0 Å². The third-order valence-electron chi connectivity index (χ3n) is 3.38. The maximum Gasteiger partial charge on any atom is 0.317 e. The first-order chi connectivity index (χ1) is 8.52. The number of carbonyl (C=O) groups excluding carboxylic acids is 1. The summed E-state index contributed by atoms with van der Waals surface area (Å²) in [5.74, 6) is 1.31. The molecule has 0 radical (unpaired) electrons. The minimum absolute atomic E-state index is 0.0121. The van der Waals surface area contributed by atoms with Gasteiger partial charge in [0.15, 0.2) is 0 Å². The Morgan fingerprint density at radius 1 is 1.44 bits per heavy atom. The van der Waals surface area contributed by atoms with Crippen LogP contribution in [0.15, 0.2) is 18.2 Å². The van der Waals surface area contributed by atoms with Crippen LogP contribution in [0, 0.1) is 0 Å². The molecule has 1 aliphatic rings.